The third kappa shape index (κ3) is 2.70. The van der Waals surface area contributed by atoms with Crippen molar-refractivity contribution in [2.45, 2.75) is 12.8 Å². The lowest BCUT2D eigenvalue weighted by Gasteiger charge is -2.14. The second kappa shape index (κ2) is 5.31. The van der Waals surface area contributed by atoms with Crippen LogP contribution in [0.3, 0.4) is 0 Å². The summed E-state index contributed by atoms with van der Waals surface area (Å²) >= 11 is 0. The summed E-state index contributed by atoms with van der Waals surface area (Å²) in [6, 6.07) is 16.6. The van der Waals surface area contributed by atoms with Gasteiger partial charge in [-0.05, 0) is 24.3 Å². The van der Waals surface area contributed by atoms with Gasteiger partial charge in [0.1, 0.15) is 5.75 Å². The van der Waals surface area contributed by atoms with Crippen molar-refractivity contribution in [1.29, 1.82) is 0 Å². The third-order valence-corrected chi connectivity index (χ3v) is 3.51. The van der Waals surface area contributed by atoms with Gasteiger partial charge in [0.15, 0.2) is 0 Å². The van der Waals surface area contributed by atoms with Crippen LogP contribution in [0, 0.1) is 5.92 Å². The van der Waals surface area contributed by atoms with Crippen molar-refractivity contribution >= 4 is 6.08 Å². The van der Waals surface area contributed by atoms with Crippen LogP contribution in [0.5, 0.6) is 5.75 Å². The van der Waals surface area contributed by atoms with Gasteiger partial charge in [0.05, 0.1) is 6.61 Å². The molecule has 96 valence electrons. The Balaban J connectivity index is 1.99. The van der Waals surface area contributed by atoms with E-state index < -0.39 is 0 Å². The minimum Gasteiger partial charge on any atom is -0.492 e. The molecule has 2 aromatic rings. The zero-order valence-corrected chi connectivity index (χ0v) is 11.0. The highest BCUT2D eigenvalue weighted by Gasteiger charge is 2.23. The van der Waals surface area contributed by atoms with E-state index in [1.54, 1.807) is 0 Å². The maximum absolute atomic E-state index is 6.07. The molecule has 1 aliphatic rings. The molecule has 0 unspecified atom stereocenters. The fraction of sp³-hybridized carbons (Fsp3) is 0.222. The number of benzene rings is 2. The Bertz CT molecular complexity index is 567. The van der Waals surface area contributed by atoms with Crippen LogP contribution in [0.15, 0.2) is 55.1 Å². The van der Waals surface area contributed by atoms with Crippen molar-refractivity contribution in [1.82, 2.24) is 0 Å². The van der Waals surface area contributed by atoms with E-state index in [-0.39, 0.29) is 0 Å². The number of ether oxygens (including phenoxy) is 1. The molecule has 0 bridgehead atoms. The summed E-state index contributed by atoms with van der Waals surface area (Å²) in [5.74, 6) is 1.72. The van der Waals surface area contributed by atoms with Gasteiger partial charge in [-0.1, -0.05) is 61.2 Å². The zero-order chi connectivity index (χ0) is 13.1. The molecule has 0 aromatic heterocycles. The van der Waals surface area contributed by atoms with E-state index in [1.165, 1.54) is 18.4 Å². The summed E-state index contributed by atoms with van der Waals surface area (Å²) in [7, 11) is 0. The van der Waals surface area contributed by atoms with Gasteiger partial charge in [0.25, 0.3) is 0 Å². The van der Waals surface area contributed by atoms with Crippen molar-refractivity contribution < 1.29 is 4.74 Å². The molecule has 19 heavy (non-hydrogen) atoms. The molecule has 0 radical (unpaired) electrons. The van der Waals surface area contributed by atoms with Crippen LogP contribution in [-0.2, 0) is 0 Å². The molecule has 1 aliphatic carbocycles. The van der Waals surface area contributed by atoms with Gasteiger partial charge >= 0.3 is 0 Å². The number of para-hydroxylation sites is 1. The molecule has 3 rings (SSSR count). The first-order valence-electron chi connectivity index (χ1n) is 6.82. The zero-order valence-electron chi connectivity index (χ0n) is 11.0. The third-order valence-electron chi connectivity index (χ3n) is 3.51. The molecule has 1 heteroatoms. The monoisotopic (exact) mass is 250 g/mol. The van der Waals surface area contributed by atoms with Crippen LogP contribution in [0.4, 0.5) is 0 Å². The topological polar surface area (TPSA) is 9.23 Å². The van der Waals surface area contributed by atoms with Gasteiger partial charge in [-0.2, -0.15) is 0 Å². The first kappa shape index (κ1) is 12.0. The van der Waals surface area contributed by atoms with E-state index in [9.17, 15) is 0 Å². The van der Waals surface area contributed by atoms with Crippen molar-refractivity contribution in [2.24, 2.45) is 5.92 Å². The summed E-state index contributed by atoms with van der Waals surface area (Å²) < 4.78 is 6.07. The molecule has 0 spiro atoms. The van der Waals surface area contributed by atoms with Crippen LogP contribution in [0.1, 0.15) is 18.4 Å². The van der Waals surface area contributed by atoms with E-state index in [2.05, 4.69) is 49.0 Å². The Kier molecular flexibility index (Phi) is 3.37. The molecule has 1 nitrogen and oxygen atoms in total. The Hall–Kier alpha value is -2.02. The van der Waals surface area contributed by atoms with Gasteiger partial charge in [0.2, 0.25) is 0 Å². The quantitative estimate of drug-likeness (QED) is 0.741. The lowest BCUT2D eigenvalue weighted by atomic mass is 10.0. The van der Waals surface area contributed by atoms with Gasteiger partial charge in [0, 0.05) is 11.1 Å². The summed E-state index contributed by atoms with van der Waals surface area (Å²) in [6.07, 6.45) is 4.47. The van der Waals surface area contributed by atoms with Gasteiger partial charge < -0.3 is 4.74 Å². The summed E-state index contributed by atoms with van der Waals surface area (Å²) in [5, 5.41) is 0. The molecular formula is C18H18O. The second-order valence-electron chi connectivity index (χ2n) is 5.05. The Morgan fingerprint density at radius 3 is 2.53 bits per heavy atom. The minimum absolute atomic E-state index is 0.751. The first-order valence-corrected chi connectivity index (χ1v) is 6.82. The molecule has 1 saturated carbocycles. The Labute approximate surface area is 114 Å². The second-order valence-corrected chi connectivity index (χ2v) is 5.05. The largest absolute Gasteiger partial charge is 0.492 e. The molecule has 1 fully saturated rings. The summed E-state index contributed by atoms with van der Waals surface area (Å²) in [5.41, 5.74) is 3.41. The van der Waals surface area contributed by atoms with E-state index in [1.807, 2.05) is 12.1 Å². The minimum atomic E-state index is 0.751. The lowest BCUT2D eigenvalue weighted by molar-refractivity contribution is 0.300. The highest BCUT2D eigenvalue weighted by atomic mass is 16.5. The van der Waals surface area contributed by atoms with Gasteiger partial charge in [-0.3, -0.25) is 0 Å². The number of rotatable bonds is 5. The molecule has 0 N–H and O–H groups in total. The highest BCUT2D eigenvalue weighted by molar-refractivity contribution is 5.76. The highest BCUT2D eigenvalue weighted by Crippen LogP contribution is 2.36. The van der Waals surface area contributed by atoms with Crippen LogP contribution in [0.2, 0.25) is 0 Å². The van der Waals surface area contributed by atoms with E-state index in [4.69, 9.17) is 4.74 Å². The molecular weight excluding hydrogens is 232 g/mol. The maximum atomic E-state index is 6.07. The van der Waals surface area contributed by atoms with Gasteiger partial charge in [-0.15, -0.1) is 0 Å². The molecule has 0 aliphatic heterocycles. The maximum Gasteiger partial charge on any atom is 0.134 e. The van der Waals surface area contributed by atoms with Crippen LogP contribution in [-0.4, -0.2) is 6.61 Å². The lowest BCUT2D eigenvalue weighted by Crippen LogP contribution is -2.02. The van der Waals surface area contributed by atoms with E-state index in [0.29, 0.717) is 0 Å². The normalized spacial score (nSPS) is 14.1. The average molecular weight is 250 g/mol. The van der Waals surface area contributed by atoms with Crippen molar-refractivity contribution in [3.8, 4) is 16.9 Å². The summed E-state index contributed by atoms with van der Waals surface area (Å²) in [4.78, 5) is 0. The van der Waals surface area contributed by atoms with Gasteiger partial charge in [-0.25, -0.2) is 0 Å². The van der Waals surface area contributed by atoms with Crippen molar-refractivity contribution in [3.63, 3.8) is 0 Å². The Morgan fingerprint density at radius 2 is 1.84 bits per heavy atom. The molecule has 0 amide bonds. The smallest absolute Gasteiger partial charge is 0.134 e. The fourth-order valence-corrected chi connectivity index (χ4v) is 2.21. The molecule has 2 aromatic carbocycles. The average Bonchev–Trinajstić information content (AvgIpc) is 3.30. The van der Waals surface area contributed by atoms with Crippen LogP contribution < -0.4 is 4.74 Å². The number of hydrogen-bond acceptors (Lipinski definition) is 1. The predicted molar refractivity (Wildman–Crippen MR) is 80.2 cm³/mol. The van der Waals surface area contributed by atoms with Crippen LogP contribution in [0.25, 0.3) is 17.2 Å². The van der Waals surface area contributed by atoms with E-state index in [0.717, 1.165) is 29.4 Å². The molecule has 0 heterocycles. The molecule has 0 atom stereocenters. The standard InChI is InChI=1S/C18H18O/c1-2-15-9-6-10-17(16-7-4-3-5-8-16)18(15)19-13-14-11-12-14/h2-10,14H,1,11-13H2. The summed E-state index contributed by atoms with van der Waals surface area (Å²) in [6.45, 7) is 4.71. The predicted octanol–water partition coefficient (Wildman–Crippen LogP) is 4.79. The van der Waals surface area contributed by atoms with Crippen molar-refractivity contribution in [3.05, 3.63) is 60.7 Å². The van der Waals surface area contributed by atoms with Crippen LogP contribution >= 0.6 is 0 Å². The fourth-order valence-electron chi connectivity index (χ4n) is 2.21. The van der Waals surface area contributed by atoms with Crippen molar-refractivity contribution in [2.75, 3.05) is 6.61 Å². The first-order chi connectivity index (χ1) is 9.38. The Morgan fingerprint density at radius 1 is 1.05 bits per heavy atom. The molecule has 0 saturated heterocycles. The SMILES string of the molecule is C=Cc1cccc(-c2ccccc2)c1OCC1CC1. The number of hydrogen-bond donors (Lipinski definition) is 0. The van der Waals surface area contributed by atoms with E-state index >= 15 is 0 Å².